The van der Waals surface area contributed by atoms with Crippen LogP contribution >= 0.6 is 12.2 Å². The zero-order valence-corrected chi connectivity index (χ0v) is 10.1. The molecular weight excluding hydrogens is 240 g/mol. The SMILES string of the molecule is Cc1ccc(-c2nc(=S)n(C)[nH]2)cc1[N+](=O)[O-]. The molecule has 1 N–H and O–H groups in total. The fourth-order valence-electron chi connectivity index (χ4n) is 1.48. The van der Waals surface area contributed by atoms with Crippen molar-refractivity contribution >= 4 is 17.9 Å². The number of nitrogens with one attached hydrogen (secondary N) is 1. The molecule has 1 heterocycles. The van der Waals surface area contributed by atoms with Crippen LogP contribution in [0.4, 0.5) is 5.69 Å². The normalized spacial score (nSPS) is 10.5. The Bertz CT molecular complexity index is 644. The second-order valence-corrected chi connectivity index (χ2v) is 4.04. The van der Waals surface area contributed by atoms with Gasteiger partial charge < -0.3 is 0 Å². The number of hydrogen-bond acceptors (Lipinski definition) is 4. The highest BCUT2D eigenvalue weighted by molar-refractivity contribution is 7.71. The minimum atomic E-state index is -0.406. The van der Waals surface area contributed by atoms with Crippen molar-refractivity contribution in [3.8, 4) is 11.4 Å². The number of aryl methyl sites for hydroxylation is 2. The third kappa shape index (κ3) is 2.09. The maximum absolute atomic E-state index is 10.8. The van der Waals surface area contributed by atoms with Gasteiger partial charge in [0, 0.05) is 24.2 Å². The fourth-order valence-corrected chi connectivity index (χ4v) is 1.62. The molecule has 0 spiro atoms. The van der Waals surface area contributed by atoms with Crippen LogP contribution in [0.5, 0.6) is 0 Å². The maximum atomic E-state index is 10.8. The van der Waals surface area contributed by atoms with Crippen molar-refractivity contribution in [3.63, 3.8) is 0 Å². The first-order valence-electron chi connectivity index (χ1n) is 4.87. The summed E-state index contributed by atoms with van der Waals surface area (Å²) in [5, 5.41) is 13.8. The summed E-state index contributed by atoms with van der Waals surface area (Å²) in [4.78, 5) is 14.5. The molecule has 2 rings (SSSR count). The highest BCUT2D eigenvalue weighted by atomic mass is 32.1. The molecule has 0 amide bonds. The number of H-pyrrole nitrogens is 1. The van der Waals surface area contributed by atoms with E-state index in [2.05, 4.69) is 10.1 Å². The molecule has 1 aromatic heterocycles. The summed E-state index contributed by atoms with van der Waals surface area (Å²) in [6.45, 7) is 1.70. The first-order chi connectivity index (χ1) is 7.99. The molecule has 0 aliphatic rings. The lowest BCUT2D eigenvalue weighted by Crippen LogP contribution is -1.93. The number of nitrogens with zero attached hydrogens (tertiary/aromatic N) is 3. The van der Waals surface area contributed by atoms with E-state index in [1.54, 1.807) is 30.8 Å². The second kappa shape index (κ2) is 4.10. The third-order valence-corrected chi connectivity index (χ3v) is 2.81. The summed E-state index contributed by atoms with van der Waals surface area (Å²) in [5.41, 5.74) is 1.34. The van der Waals surface area contributed by atoms with Crippen LogP contribution in [-0.4, -0.2) is 19.7 Å². The minimum Gasteiger partial charge on any atom is -0.279 e. The van der Waals surface area contributed by atoms with E-state index < -0.39 is 4.92 Å². The number of benzene rings is 1. The monoisotopic (exact) mass is 250 g/mol. The highest BCUT2D eigenvalue weighted by Crippen LogP contribution is 2.24. The van der Waals surface area contributed by atoms with Gasteiger partial charge in [0.2, 0.25) is 4.77 Å². The van der Waals surface area contributed by atoms with Crippen molar-refractivity contribution in [2.24, 2.45) is 7.05 Å². The molecule has 0 radical (unpaired) electrons. The van der Waals surface area contributed by atoms with E-state index in [1.807, 2.05) is 0 Å². The number of hydrogen-bond donors (Lipinski definition) is 1. The molecule has 1 aromatic carbocycles. The van der Waals surface area contributed by atoms with E-state index in [-0.39, 0.29) is 5.69 Å². The van der Waals surface area contributed by atoms with Crippen LogP contribution in [0.15, 0.2) is 18.2 Å². The second-order valence-electron chi connectivity index (χ2n) is 3.67. The van der Waals surface area contributed by atoms with E-state index in [0.29, 0.717) is 21.7 Å². The van der Waals surface area contributed by atoms with Crippen LogP contribution in [0.1, 0.15) is 5.56 Å². The Labute approximate surface area is 102 Å². The number of nitro groups is 1. The van der Waals surface area contributed by atoms with Crippen molar-refractivity contribution in [2.75, 3.05) is 0 Å². The van der Waals surface area contributed by atoms with Crippen LogP contribution in [0.25, 0.3) is 11.4 Å². The van der Waals surface area contributed by atoms with Gasteiger partial charge in [0.05, 0.1) is 4.92 Å². The number of nitro benzene ring substituents is 1. The Morgan fingerprint density at radius 3 is 2.76 bits per heavy atom. The van der Waals surface area contributed by atoms with E-state index in [4.69, 9.17) is 12.2 Å². The third-order valence-electron chi connectivity index (χ3n) is 2.45. The predicted molar refractivity (Wildman–Crippen MR) is 65.2 cm³/mol. The van der Waals surface area contributed by atoms with Crippen molar-refractivity contribution in [3.05, 3.63) is 38.6 Å². The Morgan fingerprint density at radius 2 is 2.24 bits per heavy atom. The summed E-state index contributed by atoms with van der Waals surface area (Å²) in [6, 6.07) is 4.96. The van der Waals surface area contributed by atoms with Crippen LogP contribution in [0.3, 0.4) is 0 Å². The molecule has 0 saturated carbocycles. The van der Waals surface area contributed by atoms with Gasteiger partial charge in [-0.05, 0) is 19.1 Å². The first-order valence-corrected chi connectivity index (χ1v) is 5.28. The molecule has 0 atom stereocenters. The molecular formula is C10H10N4O2S. The van der Waals surface area contributed by atoms with Gasteiger partial charge in [-0.25, -0.2) is 0 Å². The molecule has 0 bridgehead atoms. The van der Waals surface area contributed by atoms with E-state index in [0.717, 1.165) is 0 Å². The Kier molecular flexibility index (Phi) is 2.76. The number of aromatic nitrogens is 3. The van der Waals surface area contributed by atoms with E-state index in [9.17, 15) is 10.1 Å². The van der Waals surface area contributed by atoms with E-state index in [1.165, 1.54) is 6.07 Å². The zero-order chi connectivity index (χ0) is 12.6. The first kappa shape index (κ1) is 11.5. The largest absolute Gasteiger partial charge is 0.279 e. The minimum absolute atomic E-state index is 0.0764. The van der Waals surface area contributed by atoms with Crippen LogP contribution in [-0.2, 0) is 7.05 Å². The van der Waals surface area contributed by atoms with Crippen LogP contribution in [0, 0.1) is 21.8 Å². The van der Waals surface area contributed by atoms with Crippen LogP contribution < -0.4 is 0 Å². The topological polar surface area (TPSA) is 76.8 Å². The van der Waals surface area contributed by atoms with Crippen molar-refractivity contribution in [2.45, 2.75) is 6.92 Å². The highest BCUT2D eigenvalue weighted by Gasteiger charge is 2.13. The predicted octanol–water partition coefficient (Wildman–Crippen LogP) is 2.36. The van der Waals surface area contributed by atoms with Gasteiger partial charge >= 0.3 is 0 Å². The average molecular weight is 250 g/mol. The quantitative estimate of drug-likeness (QED) is 0.504. The van der Waals surface area contributed by atoms with Gasteiger partial charge in [-0.1, -0.05) is 12.1 Å². The molecule has 7 heteroatoms. The van der Waals surface area contributed by atoms with Gasteiger partial charge in [-0.2, -0.15) is 4.98 Å². The number of rotatable bonds is 2. The Morgan fingerprint density at radius 1 is 1.53 bits per heavy atom. The summed E-state index contributed by atoms with van der Waals surface area (Å²) in [7, 11) is 1.74. The lowest BCUT2D eigenvalue weighted by molar-refractivity contribution is -0.385. The van der Waals surface area contributed by atoms with Crippen molar-refractivity contribution in [1.82, 2.24) is 14.8 Å². The standard InChI is InChI=1S/C10H10N4O2S/c1-6-3-4-7(5-8(6)14(15)16)9-11-10(17)13(2)12-9/h3-5H,1-2H3,(H,11,12,17). The van der Waals surface area contributed by atoms with Crippen molar-refractivity contribution < 1.29 is 4.92 Å². The smallest absolute Gasteiger partial charge is 0.273 e. The van der Waals surface area contributed by atoms with Gasteiger partial charge in [0.1, 0.15) is 0 Å². The molecule has 0 unspecified atom stereocenters. The zero-order valence-electron chi connectivity index (χ0n) is 9.30. The summed E-state index contributed by atoms with van der Waals surface area (Å²) < 4.78 is 1.99. The lowest BCUT2D eigenvalue weighted by atomic mass is 10.1. The molecule has 0 fully saturated rings. The summed E-state index contributed by atoms with van der Waals surface area (Å²) in [6.07, 6.45) is 0. The van der Waals surface area contributed by atoms with E-state index >= 15 is 0 Å². The maximum Gasteiger partial charge on any atom is 0.273 e. The number of aromatic amines is 1. The average Bonchev–Trinajstić information content (AvgIpc) is 2.59. The fraction of sp³-hybridized carbons (Fsp3) is 0.200. The Hall–Kier alpha value is -2.02. The van der Waals surface area contributed by atoms with Crippen LogP contribution in [0.2, 0.25) is 0 Å². The molecule has 17 heavy (non-hydrogen) atoms. The van der Waals surface area contributed by atoms with Gasteiger partial charge in [0.25, 0.3) is 5.69 Å². The summed E-state index contributed by atoms with van der Waals surface area (Å²) in [5.74, 6) is 0.528. The van der Waals surface area contributed by atoms with Gasteiger partial charge in [-0.15, -0.1) is 0 Å². The molecule has 2 aromatic rings. The van der Waals surface area contributed by atoms with Gasteiger partial charge in [0.15, 0.2) is 5.82 Å². The molecule has 88 valence electrons. The molecule has 0 aliphatic heterocycles. The molecule has 6 nitrogen and oxygen atoms in total. The summed E-state index contributed by atoms with van der Waals surface area (Å²) >= 11 is 4.97. The molecule has 0 saturated heterocycles. The lowest BCUT2D eigenvalue weighted by Gasteiger charge is -1.99. The Balaban J connectivity index is 2.57. The van der Waals surface area contributed by atoms with Gasteiger partial charge in [-0.3, -0.25) is 19.9 Å². The molecule has 0 aliphatic carbocycles. The van der Waals surface area contributed by atoms with Crippen molar-refractivity contribution in [1.29, 1.82) is 0 Å².